The lowest BCUT2D eigenvalue weighted by molar-refractivity contribution is 0.652. The highest BCUT2D eigenvalue weighted by Gasteiger charge is 1.91. The van der Waals surface area contributed by atoms with E-state index in [2.05, 4.69) is 25.9 Å². The molecule has 3 heteroatoms. The van der Waals surface area contributed by atoms with Crippen LogP contribution >= 0.6 is 0 Å². The van der Waals surface area contributed by atoms with Crippen LogP contribution in [0.3, 0.4) is 0 Å². The minimum atomic E-state index is 0.972. The fourth-order valence-electron chi connectivity index (χ4n) is 0.768. The molecule has 9 heavy (non-hydrogen) atoms. The van der Waals surface area contributed by atoms with E-state index in [1.54, 1.807) is 0 Å². The summed E-state index contributed by atoms with van der Waals surface area (Å²) >= 11 is 0. The molecule has 0 atom stereocenters. The maximum atomic E-state index is 4.26. The standard InChI is InChI=1S/C6H11BN2/c1-2-9-4-3-6(5-7)8-9/h3-4H,2,5,7H2,1H3. The van der Waals surface area contributed by atoms with Crippen LogP contribution < -0.4 is 0 Å². The van der Waals surface area contributed by atoms with E-state index in [4.69, 9.17) is 0 Å². The molecule has 0 N–H and O–H groups in total. The fraction of sp³-hybridized carbons (Fsp3) is 0.500. The van der Waals surface area contributed by atoms with Crippen LogP contribution in [0.5, 0.6) is 0 Å². The number of aromatic nitrogens is 2. The number of hydrogen-bond acceptors (Lipinski definition) is 1. The van der Waals surface area contributed by atoms with Gasteiger partial charge in [0, 0.05) is 12.7 Å². The number of rotatable bonds is 2. The first-order chi connectivity index (χ1) is 4.36. The first kappa shape index (κ1) is 6.40. The number of aryl methyl sites for hydroxylation is 1. The molecule has 1 heterocycles. The largest absolute Gasteiger partial charge is 0.273 e. The summed E-state index contributed by atoms with van der Waals surface area (Å²) in [6.07, 6.45) is 3.05. The fourth-order valence-corrected chi connectivity index (χ4v) is 0.768. The van der Waals surface area contributed by atoms with E-state index >= 15 is 0 Å². The van der Waals surface area contributed by atoms with E-state index in [9.17, 15) is 0 Å². The second kappa shape index (κ2) is 2.71. The minimum Gasteiger partial charge on any atom is -0.273 e. The maximum absolute atomic E-state index is 4.26. The third kappa shape index (κ3) is 1.34. The molecule has 0 aliphatic carbocycles. The third-order valence-corrected chi connectivity index (χ3v) is 1.38. The molecular weight excluding hydrogens is 111 g/mol. The van der Waals surface area contributed by atoms with Crippen LogP contribution in [0.15, 0.2) is 12.3 Å². The summed E-state index contributed by atoms with van der Waals surface area (Å²) in [7, 11) is 2.11. The Kier molecular flexibility index (Phi) is 1.93. The Morgan fingerprint density at radius 3 is 2.89 bits per heavy atom. The van der Waals surface area contributed by atoms with Crippen molar-refractivity contribution in [1.29, 1.82) is 0 Å². The molecule has 0 saturated heterocycles. The van der Waals surface area contributed by atoms with Crippen LogP contribution in [-0.4, -0.2) is 17.6 Å². The summed E-state index contributed by atoms with van der Waals surface area (Å²) in [5.74, 6) is 0. The van der Waals surface area contributed by atoms with Gasteiger partial charge in [0.05, 0.1) is 5.69 Å². The van der Waals surface area contributed by atoms with Crippen molar-refractivity contribution in [3.05, 3.63) is 18.0 Å². The van der Waals surface area contributed by atoms with Crippen LogP contribution in [0, 0.1) is 0 Å². The lowest BCUT2D eigenvalue weighted by atomic mass is 10.0. The Bertz CT molecular complexity index is 164. The van der Waals surface area contributed by atoms with Crippen molar-refractivity contribution in [2.45, 2.75) is 19.8 Å². The monoisotopic (exact) mass is 122 g/mol. The van der Waals surface area contributed by atoms with Gasteiger partial charge in [0.1, 0.15) is 7.85 Å². The molecule has 0 aliphatic rings. The van der Waals surface area contributed by atoms with Gasteiger partial charge in [0.25, 0.3) is 0 Å². The highest BCUT2D eigenvalue weighted by Crippen LogP contribution is 1.93. The molecule has 0 aliphatic heterocycles. The lowest BCUT2D eigenvalue weighted by Crippen LogP contribution is -1.95. The van der Waals surface area contributed by atoms with Crippen LogP contribution in [0.4, 0.5) is 0 Å². The SMILES string of the molecule is BCc1ccn(CC)n1. The van der Waals surface area contributed by atoms with Crippen LogP contribution in [0.25, 0.3) is 0 Å². The minimum absolute atomic E-state index is 0.972. The van der Waals surface area contributed by atoms with Gasteiger partial charge in [-0.3, -0.25) is 4.68 Å². The van der Waals surface area contributed by atoms with Gasteiger partial charge < -0.3 is 0 Å². The Morgan fingerprint density at radius 1 is 1.78 bits per heavy atom. The molecule has 1 rings (SSSR count). The molecule has 0 amide bonds. The Labute approximate surface area is 56.3 Å². The molecule has 48 valence electrons. The van der Waals surface area contributed by atoms with Gasteiger partial charge in [-0.15, -0.1) is 0 Å². The van der Waals surface area contributed by atoms with Crippen molar-refractivity contribution in [3.8, 4) is 0 Å². The summed E-state index contributed by atoms with van der Waals surface area (Å²) in [4.78, 5) is 0. The molecule has 0 radical (unpaired) electrons. The zero-order chi connectivity index (χ0) is 6.69. The van der Waals surface area contributed by atoms with Gasteiger partial charge in [-0.1, -0.05) is 0 Å². The normalized spacial score (nSPS) is 9.89. The van der Waals surface area contributed by atoms with E-state index in [1.165, 1.54) is 5.69 Å². The van der Waals surface area contributed by atoms with Gasteiger partial charge in [-0.25, -0.2) is 0 Å². The zero-order valence-electron chi connectivity index (χ0n) is 5.96. The molecule has 0 spiro atoms. The van der Waals surface area contributed by atoms with E-state index < -0.39 is 0 Å². The molecule has 0 unspecified atom stereocenters. The molecule has 0 aromatic carbocycles. The average Bonchev–Trinajstić information content (AvgIpc) is 2.34. The number of nitrogens with zero attached hydrogens (tertiary/aromatic N) is 2. The summed E-state index contributed by atoms with van der Waals surface area (Å²) in [6.45, 7) is 3.06. The molecule has 0 saturated carbocycles. The topological polar surface area (TPSA) is 17.8 Å². The summed E-state index contributed by atoms with van der Waals surface area (Å²) in [5.41, 5.74) is 1.18. The van der Waals surface area contributed by atoms with Gasteiger partial charge in [0.15, 0.2) is 0 Å². The van der Waals surface area contributed by atoms with Crippen molar-refractivity contribution >= 4 is 7.85 Å². The van der Waals surface area contributed by atoms with Gasteiger partial charge in [-0.05, 0) is 19.3 Å². The predicted molar refractivity (Wildman–Crippen MR) is 40.1 cm³/mol. The molecule has 1 aromatic heterocycles. The van der Waals surface area contributed by atoms with Crippen LogP contribution in [0.1, 0.15) is 12.6 Å². The highest BCUT2D eigenvalue weighted by atomic mass is 15.3. The second-order valence-electron chi connectivity index (χ2n) is 2.02. The first-order valence-corrected chi connectivity index (χ1v) is 3.39. The lowest BCUT2D eigenvalue weighted by Gasteiger charge is -1.90. The van der Waals surface area contributed by atoms with Crippen molar-refractivity contribution in [1.82, 2.24) is 9.78 Å². The number of hydrogen-bond donors (Lipinski definition) is 0. The van der Waals surface area contributed by atoms with Gasteiger partial charge >= 0.3 is 0 Å². The Hall–Kier alpha value is -0.725. The molecule has 0 bridgehead atoms. The molecule has 0 fully saturated rings. The van der Waals surface area contributed by atoms with Crippen molar-refractivity contribution in [2.24, 2.45) is 0 Å². The summed E-state index contributed by atoms with van der Waals surface area (Å²) < 4.78 is 1.94. The molecule has 2 nitrogen and oxygen atoms in total. The second-order valence-corrected chi connectivity index (χ2v) is 2.02. The van der Waals surface area contributed by atoms with Crippen LogP contribution in [-0.2, 0) is 12.9 Å². The predicted octanol–water partition coefficient (Wildman–Crippen LogP) is 0.0361. The van der Waals surface area contributed by atoms with Gasteiger partial charge in [0.2, 0.25) is 0 Å². The third-order valence-electron chi connectivity index (χ3n) is 1.38. The van der Waals surface area contributed by atoms with E-state index in [0.717, 1.165) is 12.9 Å². The van der Waals surface area contributed by atoms with E-state index in [1.807, 2.05) is 10.9 Å². The quantitative estimate of drug-likeness (QED) is 0.506. The van der Waals surface area contributed by atoms with Crippen molar-refractivity contribution in [2.75, 3.05) is 0 Å². The first-order valence-electron chi connectivity index (χ1n) is 3.39. The van der Waals surface area contributed by atoms with Crippen LogP contribution in [0.2, 0.25) is 0 Å². The van der Waals surface area contributed by atoms with E-state index in [0.29, 0.717) is 0 Å². The van der Waals surface area contributed by atoms with E-state index in [-0.39, 0.29) is 0 Å². The smallest absolute Gasteiger partial charge is 0.109 e. The summed E-state index contributed by atoms with van der Waals surface area (Å²) in [5, 5.41) is 4.26. The Morgan fingerprint density at radius 2 is 2.56 bits per heavy atom. The van der Waals surface area contributed by atoms with Gasteiger partial charge in [-0.2, -0.15) is 5.10 Å². The zero-order valence-corrected chi connectivity index (χ0v) is 5.96. The average molecular weight is 122 g/mol. The summed E-state index contributed by atoms with van der Waals surface area (Å²) in [6, 6.07) is 2.06. The van der Waals surface area contributed by atoms with Crippen molar-refractivity contribution < 1.29 is 0 Å². The molecular formula is C6H11BN2. The maximum Gasteiger partial charge on any atom is 0.109 e. The Balaban J connectivity index is 2.74. The highest BCUT2D eigenvalue weighted by molar-refractivity contribution is 6.08. The molecule has 1 aromatic rings. The van der Waals surface area contributed by atoms with Crippen molar-refractivity contribution in [3.63, 3.8) is 0 Å².